The lowest BCUT2D eigenvalue weighted by molar-refractivity contribution is 0.0698. The van der Waals surface area contributed by atoms with Crippen LogP contribution in [-0.2, 0) is 16.8 Å². The summed E-state index contributed by atoms with van der Waals surface area (Å²) in [6.45, 7) is 2.01. The van der Waals surface area contributed by atoms with Crippen molar-refractivity contribution in [3.8, 4) is 5.69 Å². The molecule has 0 aliphatic carbocycles. The molecule has 4 aromatic rings. The van der Waals surface area contributed by atoms with Crippen LogP contribution in [0.3, 0.4) is 0 Å². The smallest absolute Gasteiger partial charge is 0.338 e. The summed E-state index contributed by atoms with van der Waals surface area (Å²) in [4.78, 5) is 15.0. The van der Waals surface area contributed by atoms with Crippen molar-refractivity contribution in [3.05, 3.63) is 88.6 Å². The molecule has 12 heteroatoms. The van der Waals surface area contributed by atoms with Crippen LogP contribution in [0.5, 0.6) is 0 Å². The van der Waals surface area contributed by atoms with E-state index in [0.717, 1.165) is 5.56 Å². The fourth-order valence-electron chi connectivity index (χ4n) is 2.87. The molecule has 0 spiro atoms. The van der Waals surface area contributed by atoms with Crippen molar-refractivity contribution < 1.29 is 22.7 Å². The molecule has 4 N–H and O–H groups in total. The van der Waals surface area contributed by atoms with E-state index >= 15 is 0 Å². The first-order valence-corrected chi connectivity index (χ1v) is 11.3. The molecule has 0 aliphatic rings. The Labute approximate surface area is 193 Å². The Morgan fingerprint density at radius 2 is 1.88 bits per heavy atom. The minimum absolute atomic E-state index is 0.0888. The van der Waals surface area contributed by atoms with Crippen molar-refractivity contribution in [2.24, 2.45) is 5.14 Å². The molecule has 9 nitrogen and oxygen atoms in total. The molecule has 0 saturated carbocycles. The van der Waals surface area contributed by atoms with Gasteiger partial charge in [0.15, 0.2) is 0 Å². The third-order valence-electron chi connectivity index (χ3n) is 4.47. The van der Waals surface area contributed by atoms with Crippen LogP contribution >= 0.6 is 11.6 Å². The number of benzene rings is 2. The van der Waals surface area contributed by atoms with Crippen LogP contribution in [0.4, 0.5) is 4.39 Å². The van der Waals surface area contributed by atoms with Crippen molar-refractivity contribution >= 4 is 38.7 Å². The molecule has 0 fully saturated rings. The molecule has 2 heterocycles. The van der Waals surface area contributed by atoms with Gasteiger partial charge in [0.05, 0.1) is 29.2 Å². The standard InChI is InChI=1S/C13H8FN3O2.C8H11ClN2O2S/c14-8-1-3-9(4-2-8)17-12-7-15-5-11(13(18)19)10(12)6-16-17;1-6-2-3-7(8(9)4-6)5-11-14(10,12)13/h1-7H,(H,18,19);2-4,11H,5H2,1H3,(H2,10,12,13). The Morgan fingerprint density at radius 3 is 2.48 bits per heavy atom. The number of nitrogens with two attached hydrogens (primary N) is 1. The monoisotopic (exact) mass is 491 g/mol. The zero-order valence-corrected chi connectivity index (χ0v) is 18.8. The molecular weight excluding hydrogens is 473 g/mol. The number of aromatic carboxylic acids is 1. The lowest BCUT2D eigenvalue weighted by Gasteiger charge is -2.05. The number of rotatable bonds is 5. The highest BCUT2D eigenvalue weighted by molar-refractivity contribution is 7.87. The molecule has 0 amide bonds. The molecule has 0 unspecified atom stereocenters. The average molecular weight is 492 g/mol. The highest BCUT2D eigenvalue weighted by Gasteiger charge is 2.13. The minimum Gasteiger partial charge on any atom is -0.478 e. The molecule has 0 aliphatic heterocycles. The largest absolute Gasteiger partial charge is 0.478 e. The number of carboxylic acids is 1. The van der Waals surface area contributed by atoms with Crippen LogP contribution < -0.4 is 9.86 Å². The van der Waals surface area contributed by atoms with Crippen molar-refractivity contribution in [1.29, 1.82) is 0 Å². The Hall–Kier alpha value is -3.38. The fraction of sp³-hybridized carbons (Fsp3) is 0.0952. The molecule has 172 valence electrons. The van der Waals surface area contributed by atoms with Gasteiger partial charge in [-0.25, -0.2) is 19.0 Å². The highest BCUT2D eigenvalue weighted by Crippen LogP contribution is 2.21. The summed E-state index contributed by atoms with van der Waals surface area (Å²) in [5.74, 6) is -1.40. The summed E-state index contributed by atoms with van der Waals surface area (Å²) in [6.07, 6.45) is 4.27. The number of aryl methyl sites for hydroxylation is 1. The van der Waals surface area contributed by atoms with Crippen molar-refractivity contribution in [2.45, 2.75) is 13.5 Å². The summed E-state index contributed by atoms with van der Waals surface area (Å²) in [5, 5.41) is 19.0. The first kappa shape index (κ1) is 24.3. The minimum atomic E-state index is -3.66. The maximum Gasteiger partial charge on any atom is 0.338 e. The van der Waals surface area contributed by atoms with E-state index in [1.54, 1.807) is 24.3 Å². The molecular formula is C21H19ClFN5O4S. The fourth-order valence-corrected chi connectivity index (χ4v) is 3.53. The molecule has 0 bridgehead atoms. The van der Waals surface area contributed by atoms with Crippen LogP contribution in [0.2, 0.25) is 5.02 Å². The zero-order chi connectivity index (χ0) is 24.2. The first-order chi connectivity index (χ1) is 15.5. The van der Waals surface area contributed by atoms with E-state index in [1.807, 2.05) is 13.0 Å². The number of nitrogens with zero attached hydrogens (tertiary/aromatic N) is 3. The maximum atomic E-state index is 12.9. The second-order valence-corrected chi connectivity index (χ2v) is 8.70. The summed E-state index contributed by atoms with van der Waals surface area (Å²) in [5.41, 5.74) is 3.01. The Balaban J connectivity index is 0.000000196. The number of hydrogen-bond acceptors (Lipinski definition) is 5. The van der Waals surface area contributed by atoms with Gasteiger partial charge in [0.25, 0.3) is 10.2 Å². The van der Waals surface area contributed by atoms with Crippen LogP contribution in [0, 0.1) is 12.7 Å². The summed E-state index contributed by atoms with van der Waals surface area (Å²) in [6, 6.07) is 11.1. The Morgan fingerprint density at radius 1 is 1.18 bits per heavy atom. The number of aromatic nitrogens is 3. The van der Waals surface area contributed by atoms with Crippen molar-refractivity contribution in [1.82, 2.24) is 19.5 Å². The summed E-state index contributed by atoms with van der Waals surface area (Å²) in [7, 11) is -3.66. The summed E-state index contributed by atoms with van der Waals surface area (Å²) < 4.78 is 37.8. The third kappa shape index (κ3) is 6.33. The summed E-state index contributed by atoms with van der Waals surface area (Å²) >= 11 is 5.88. The van der Waals surface area contributed by atoms with Gasteiger partial charge < -0.3 is 5.11 Å². The van der Waals surface area contributed by atoms with Gasteiger partial charge in [-0.1, -0.05) is 23.7 Å². The zero-order valence-electron chi connectivity index (χ0n) is 17.2. The van der Waals surface area contributed by atoms with Gasteiger partial charge >= 0.3 is 5.97 Å². The third-order valence-corrected chi connectivity index (χ3v) is 5.37. The number of pyridine rings is 1. The van der Waals surface area contributed by atoms with E-state index in [9.17, 15) is 17.6 Å². The van der Waals surface area contributed by atoms with E-state index in [2.05, 4.69) is 14.8 Å². The van der Waals surface area contributed by atoms with Gasteiger partial charge in [-0.3, -0.25) is 4.98 Å². The number of carboxylic acid groups (broad SMARTS) is 1. The van der Waals surface area contributed by atoms with Crippen LogP contribution in [0.1, 0.15) is 21.5 Å². The molecule has 0 saturated heterocycles. The number of carbonyl (C=O) groups is 1. The molecule has 2 aromatic heterocycles. The number of nitrogens with one attached hydrogen (secondary N) is 1. The second-order valence-electron chi connectivity index (χ2n) is 6.92. The average Bonchev–Trinajstić information content (AvgIpc) is 3.17. The Kier molecular flexibility index (Phi) is 7.39. The number of halogens is 2. The van der Waals surface area contributed by atoms with Gasteiger partial charge in [-0.05, 0) is 48.4 Å². The quantitative estimate of drug-likeness (QED) is 0.391. The predicted molar refractivity (Wildman–Crippen MR) is 122 cm³/mol. The van der Waals surface area contributed by atoms with Gasteiger partial charge in [0.1, 0.15) is 5.82 Å². The second kappa shape index (κ2) is 10.0. The van der Waals surface area contributed by atoms with E-state index in [1.165, 1.54) is 35.4 Å². The topological polar surface area (TPSA) is 140 Å². The molecule has 4 rings (SSSR count). The van der Waals surface area contributed by atoms with Gasteiger partial charge in [0, 0.05) is 23.2 Å². The van der Waals surface area contributed by atoms with Crippen molar-refractivity contribution in [3.63, 3.8) is 0 Å². The number of hydrogen-bond donors (Lipinski definition) is 3. The van der Waals surface area contributed by atoms with E-state index in [-0.39, 0.29) is 17.9 Å². The SMILES string of the molecule is Cc1ccc(CNS(N)(=O)=O)c(Cl)c1.O=C(O)c1cncc2c1cnn2-c1ccc(F)cc1. The molecule has 0 atom stereocenters. The van der Waals surface area contributed by atoms with Gasteiger partial charge in [0.2, 0.25) is 0 Å². The Bertz CT molecular complexity index is 1410. The van der Waals surface area contributed by atoms with Gasteiger partial charge in [-0.15, -0.1) is 0 Å². The van der Waals surface area contributed by atoms with Crippen LogP contribution in [0.15, 0.2) is 61.1 Å². The van der Waals surface area contributed by atoms with Crippen LogP contribution in [0.25, 0.3) is 16.6 Å². The highest BCUT2D eigenvalue weighted by atomic mass is 35.5. The molecule has 0 radical (unpaired) electrons. The number of fused-ring (bicyclic) bond motifs is 1. The maximum absolute atomic E-state index is 12.9. The normalized spacial score (nSPS) is 11.2. The lowest BCUT2D eigenvalue weighted by Crippen LogP contribution is -2.30. The van der Waals surface area contributed by atoms with Crippen LogP contribution in [-0.4, -0.2) is 34.3 Å². The molecule has 2 aromatic carbocycles. The lowest BCUT2D eigenvalue weighted by atomic mass is 10.1. The van der Waals surface area contributed by atoms with E-state index < -0.39 is 16.2 Å². The van der Waals surface area contributed by atoms with Gasteiger partial charge in [-0.2, -0.15) is 18.2 Å². The van der Waals surface area contributed by atoms with E-state index in [0.29, 0.717) is 27.2 Å². The predicted octanol–water partition coefficient (Wildman–Crippen LogP) is 3.20. The molecule has 33 heavy (non-hydrogen) atoms. The first-order valence-electron chi connectivity index (χ1n) is 9.38. The van der Waals surface area contributed by atoms with E-state index in [4.69, 9.17) is 21.8 Å². The van der Waals surface area contributed by atoms with Crippen molar-refractivity contribution in [2.75, 3.05) is 0 Å².